The Balaban J connectivity index is 1.87. The Morgan fingerprint density at radius 1 is 0.720 bits per heavy atom. The first-order valence-electron chi connectivity index (χ1n) is 7.78. The van der Waals surface area contributed by atoms with Crippen LogP contribution in [0.2, 0.25) is 0 Å². The molecule has 4 nitrogen and oxygen atoms in total. The van der Waals surface area contributed by atoms with Crippen molar-refractivity contribution in [2.75, 3.05) is 4.90 Å². The Morgan fingerprint density at radius 3 is 1.96 bits per heavy atom. The van der Waals surface area contributed by atoms with Crippen LogP contribution in [-0.2, 0) is 0 Å². The lowest BCUT2D eigenvalue weighted by atomic mass is 10.0. The smallest absolute Gasteiger partial charge is 0.266 e. The van der Waals surface area contributed by atoms with Crippen molar-refractivity contribution in [1.82, 2.24) is 0 Å². The Kier molecular flexibility index (Phi) is 3.41. The van der Waals surface area contributed by atoms with Crippen molar-refractivity contribution in [3.05, 3.63) is 89.5 Å². The molecule has 0 fully saturated rings. The number of benzene rings is 3. The zero-order chi connectivity index (χ0) is 17.4. The summed E-state index contributed by atoms with van der Waals surface area (Å²) in [4.78, 5) is 26.7. The number of hydrogen-bond donors (Lipinski definition) is 0. The molecule has 0 saturated carbocycles. The van der Waals surface area contributed by atoms with E-state index in [1.807, 2.05) is 18.2 Å². The summed E-state index contributed by atoms with van der Waals surface area (Å²) in [5, 5.41) is 9.12. The molecule has 0 spiro atoms. The van der Waals surface area contributed by atoms with E-state index in [0.717, 1.165) is 11.1 Å². The molecule has 25 heavy (non-hydrogen) atoms. The van der Waals surface area contributed by atoms with Crippen LogP contribution < -0.4 is 4.90 Å². The Bertz CT molecular complexity index is 1030. The van der Waals surface area contributed by atoms with Gasteiger partial charge in [-0.3, -0.25) is 9.59 Å². The predicted molar refractivity (Wildman–Crippen MR) is 94.2 cm³/mol. The summed E-state index contributed by atoms with van der Waals surface area (Å²) in [7, 11) is 0. The standard InChI is InChI=1S/C21H12N2O2/c22-13-14-6-5-7-15(12-14)16-8-3-4-11-19(16)23-20(24)17-9-1-2-10-18(17)21(23)25/h1-12H. The van der Waals surface area contributed by atoms with Gasteiger partial charge in [-0.1, -0.05) is 42.5 Å². The Labute approximate surface area is 144 Å². The fourth-order valence-electron chi connectivity index (χ4n) is 3.08. The van der Waals surface area contributed by atoms with E-state index in [1.165, 1.54) is 4.90 Å². The topological polar surface area (TPSA) is 61.2 Å². The Hall–Kier alpha value is -3.71. The van der Waals surface area contributed by atoms with Crippen LogP contribution in [0.4, 0.5) is 5.69 Å². The van der Waals surface area contributed by atoms with Crippen LogP contribution in [0.25, 0.3) is 11.1 Å². The monoisotopic (exact) mass is 324 g/mol. The normalized spacial score (nSPS) is 12.8. The molecule has 0 radical (unpaired) electrons. The molecular weight excluding hydrogens is 312 g/mol. The van der Waals surface area contributed by atoms with Gasteiger partial charge in [-0.25, -0.2) is 4.90 Å². The fourth-order valence-corrected chi connectivity index (χ4v) is 3.08. The van der Waals surface area contributed by atoms with Crippen LogP contribution in [0, 0.1) is 11.3 Å². The molecule has 0 aromatic heterocycles. The molecule has 0 saturated heterocycles. The summed E-state index contributed by atoms with van der Waals surface area (Å²) in [6.07, 6.45) is 0. The summed E-state index contributed by atoms with van der Waals surface area (Å²) in [5.41, 5.74) is 3.37. The second-order valence-electron chi connectivity index (χ2n) is 5.70. The van der Waals surface area contributed by atoms with Gasteiger partial charge < -0.3 is 0 Å². The van der Waals surface area contributed by atoms with Crippen molar-refractivity contribution in [3.63, 3.8) is 0 Å². The van der Waals surface area contributed by atoms with Crippen LogP contribution in [0.5, 0.6) is 0 Å². The summed E-state index contributed by atoms with van der Waals surface area (Å²) in [5.74, 6) is -0.658. The number of imide groups is 1. The lowest BCUT2D eigenvalue weighted by Crippen LogP contribution is -2.29. The molecule has 0 bridgehead atoms. The zero-order valence-corrected chi connectivity index (χ0v) is 13.1. The fraction of sp³-hybridized carbons (Fsp3) is 0. The third-order valence-electron chi connectivity index (χ3n) is 4.24. The lowest BCUT2D eigenvalue weighted by molar-refractivity contribution is 0.0926. The van der Waals surface area contributed by atoms with Crippen LogP contribution >= 0.6 is 0 Å². The van der Waals surface area contributed by atoms with E-state index < -0.39 is 0 Å². The van der Waals surface area contributed by atoms with Gasteiger partial charge in [0, 0.05) is 5.56 Å². The van der Waals surface area contributed by atoms with Gasteiger partial charge in [0.25, 0.3) is 11.8 Å². The molecule has 4 heteroatoms. The van der Waals surface area contributed by atoms with Crippen molar-refractivity contribution >= 4 is 17.5 Å². The van der Waals surface area contributed by atoms with Gasteiger partial charge in [0.1, 0.15) is 0 Å². The number of carbonyl (C=O) groups excluding carboxylic acids is 2. The number of fused-ring (bicyclic) bond motifs is 1. The third-order valence-corrected chi connectivity index (χ3v) is 4.24. The van der Waals surface area contributed by atoms with E-state index in [9.17, 15) is 9.59 Å². The molecule has 3 aromatic rings. The number of amides is 2. The summed E-state index contributed by atoms with van der Waals surface area (Å²) >= 11 is 0. The maximum absolute atomic E-state index is 12.8. The minimum Gasteiger partial charge on any atom is -0.268 e. The third kappa shape index (κ3) is 2.30. The summed E-state index contributed by atoms with van der Waals surface area (Å²) in [6, 6.07) is 23.3. The second kappa shape index (κ2) is 5.73. The van der Waals surface area contributed by atoms with Gasteiger partial charge in [0.05, 0.1) is 28.4 Å². The largest absolute Gasteiger partial charge is 0.268 e. The number of rotatable bonds is 2. The maximum Gasteiger partial charge on any atom is 0.266 e. The zero-order valence-electron chi connectivity index (χ0n) is 13.1. The minimum atomic E-state index is -0.329. The first kappa shape index (κ1) is 14.9. The molecule has 3 aromatic carbocycles. The molecule has 0 aliphatic carbocycles. The lowest BCUT2D eigenvalue weighted by Gasteiger charge is -2.18. The quantitative estimate of drug-likeness (QED) is 0.669. The molecule has 1 aliphatic heterocycles. The van der Waals surface area contributed by atoms with E-state index >= 15 is 0 Å². The van der Waals surface area contributed by atoms with Crippen molar-refractivity contribution in [3.8, 4) is 17.2 Å². The van der Waals surface area contributed by atoms with Gasteiger partial charge in [-0.15, -0.1) is 0 Å². The highest BCUT2D eigenvalue weighted by atomic mass is 16.2. The first-order chi connectivity index (χ1) is 12.2. The number of anilines is 1. The van der Waals surface area contributed by atoms with Gasteiger partial charge in [-0.05, 0) is 35.9 Å². The van der Waals surface area contributed by atoms with Crippen LogP contribution in [0.15, 0.2) is 72.8 Å². The molecule has 4 rings (SSSR count). The Morgan fingerprint density at radius 2 is 1.32 bits per heavy atom. The molecule has 1 heterocycles. The van der Waals surface area contributed by atoms with E-state index in [4.69, 9.17) is 5.26 Å². The highest BCUT2D eigenvalue weighted by Gasteiger charge is 2.37. The molecule has 2 amide bonds. The number of nitriles is 1. The van der Waals surface area contributed by atoms with Crippen molar-refractivity contribution < 1.29 is 9.59 Å². The summed E-state index contributed by atoms with van der Waals surface area (Å²) < 4.78 is 0. The molecule has 1 aliphatic rings. The van der Waals surface area contributed by atoms with Gasteiger partial charge >= 0.3 is 0 Å². The SMILES string of the molecule is N#Cc1cccc(-c2ccccc2N2C(=O)c3ccccc3C2=O)c1. The van der Waals surface area contributed by atoms with E-state index in [0.29, 0.717) is 22.4 Å². The number of hydrogen-bond acceptors (Lipinski definition) is 3. The first-order valence-corrected chi connectivity index (χ1v) is 7.78. The van der Waals surface area contributed by atoms with E-state index in [-0.39, 0.29) is 11.8 Å². The minimum absolute atomic E-state index is 0.329. The van der Waals surface area contributed by atoms with E-state index in [1.54, 1.807) is 54.6 Å². The van der Waals surface area contributed by atoms with Gasteiger partial charge in [0.15, 0.2) is 0 Å². The van der Waals surface area contributed by atoms with Gasteiger partial charge in [0.2, 0.25) is 0 Å². The van der Waals surface area contributed by atoms with Crippen molar-refractivity contribution in [2.24, 2.45) is 0 Å². The second-order valence-corrected chi connectivity index (χ2v) is 5.70. The average molecular weight is 324 g/mol. The molecule has 0 atom stereocenters. The maximum atomic E-state index is 12.8. The van der Waals surface area contributed by atoms with Crippen LogP contribution in [0.1, 0.15) is 26.3 Å². The number of nitrogens with zero attached hydrogens (tertiary/aromatic N) is 2. The van der Waals surface area contributed by atoms with E-state index in [2.05, 4.69) is 6.07 Å². The van der Waals surface area contributed by atoms with Crippen LogP contribution in [-0.4, -0.2) is 11.8 Å². The van der Waals surface area contributed by atoms with Crippen molar-refractivity contribution in [1.29, 1.82) is 5.26 Å². The molecule has 0 N–H and O–H groups in total. The highest BCUT2D eigenvalue weighted by Crippen LogP contribution is 2.36. The van der Waals surface area contributed by atoms with Crippen molar-refractivity contribution in [2.45, 2.75) is 0 Å². The molecule has 0 unspecified atom stereocenters. The summed E-state index contributed by atoms with van der Waals surface area (Å²) in [6.45, 7) is 0. The van der Waals surface area contributed by atoms with Crippen LogP contribution in [0.3, 0.4) is 0 Å². The molecule has 118 valence electrons. The number of carbonyl (C=O) groups is 2. The average Bonchev–Trinajstić information content (AvgIpc) is 2.93. The van der Waals surface area contributed by atoms with Gasteiger partial charge in [-0.2, -0.15) is 5.26 Å². The molecular formula is C21H12N2O2. The highest BCUT2D eigenvalue weighted by molar-refractivity contribution is 6.35. The number of para-hydroxylation sites is 1. The predicted octanol–water partition coefficient (Wildman–Crippen LogP) is 4.03.